The highest BCUT2D eigenvalue weighted by Gasteiger charge is 2.24. The first-order valence-electron chi connectivity index (χ1n) is 8.88. The van der Waals surface area contributed by atoms with Crippen molar-refractivity contribution in [2.75, 3.05) is 19.6 Å². The van der Waals surface area contributed by atoms with Crippen molar-refractivity contribution in [1.82, 2.24) is 9.55 Å². The van der Waals surface area contributed by atoms with Gasteiger partial charge in [-0.25, -0.2) is 4.98 Å². The van der Waals surface area contributed by atoms with Gasteiger partial charge in [-0.3, -0.25) is 4.79 Å². The van der Waals surface area contributed by atoms with E-state index < -0.39 is 10.3 Å². The van der Waals surface area contributed by atoms with Crippen LogP contribution in [0.15, 0.2) is 24.5 Å². The Hall–Kier alpha value is -1.53. The monoisotopic (exact) mass is 384 g/mol. The van der Waals surface area contributed by atoms with Crippen LogP contribution in [0.2, 0.25) is 0 Å². The third-order valence-electron chi connectivity index (χ3n) is 4.13. The van der Waals surface area contributed by atoms with E-state index in [0.29, 0.717) is 12.8 Å². The maximum Gasteiger partial charge on any atom is 0.305 e. The summed E-state index contributed by atoms with van der Waals surface area (Å²) < 4.78 is 16.1. The van der Waals surface area contributed by atoms with E-state index in [0.717, 1.165) is 16.6 Å². The molecule has 0 atom stereocenters. The van der Waals surface area contributed by atoms with Gasteiger partial charge in [0, 0.05) is 18.2 Å². The number of hydrogen-bond acceptors (Lipinski definition) is 4. The molecule has 0 spiro atoms. The number of rotatable bonds is 3. The summed E-state index contributed by atoms with van der Waals surface area (Å²) in [7, 11) is 2.03. The van der Waals surface area contributed by atoms with Gasteiger partial charge in [-0.1, -0.05) is 40.7 Å². The van der Waals surface area contributed by atoms with Crippen LogP contribution in [0, 0.1) is 0 Å². The standard InChI is InChI=1S/C12H14N2O2.C6H16OS.C2H6/c1-14-8-13-10-7-9(3-5-11(10)14)4-6-12(15)16-2;1-6(2,3)8(4,5)7;1-2/h3,5,7-8H,4,6H2,1-2H3;7H,1-5H3;1-2H3. The van der Waals surface area contributed by atoms with E-state index >= 15 is 0 Å². The Bertz CT molecular complexity index is 670. The van der Waals surface area contributed by atoms with Crippen LogP contribution in [0.5, 0.6) is 0 Å². The predicted molar refractivity (Wildman–Crippen MR) is 114 cm³/mol. The van der Waals surface area contributed by atoms with Gasteiger partial charge in [-0.15, -0.1) is 10.3 Å². The molecule has 0 unspecified atom stereocenters. The fraction of sp³-hybridized carbons (Fsp3) is 0.600. The number of imidazole rings is 1. The average Bonchev–Trinajstić information content (AvgIpc) is 2.94. The van der Waals surface area contributed by atoms with Crippen molar-refractivity contribution in [3.63, 3.8) is 0 Å². The number of carbonyl (C=O) groups is 1. The van der Waals surface area contributed by atoms with Gasteiger partial charge in [0.2, 0.25) is 0 Å². The van der Waals surface area contributed by atoms with Crippen molar-refractivity contribution in [3.8, 4) is 0 Å². The van der Waals surface area contributed by atoms with Crippen LogP contribution in [0.1, 0.15) is 46.6 Å². The van der Waals surface area contributed by atoms with Crippen molar-refractivity contribution in [2.45, 2.75) is 52.2 Å². The van der Waals surface area contributed by atoms with Crippen LogP contribution in [-0.2, 0) is 23.0 Å². The van der Waals surface area contributed by atoms with E-state index in [4.69, 9.17) is 0 Å². The second kappa shape index (κ2) is 10.6. The molecule has 2 rings (SSSR count). The minimum absolute atomic E-state index is 0.0764. The molecule has 0 saturated heterocycles. The summed E-state index contributed by atoms with van der Waals surface area (Å²) in [6.07, 6.45) is 6.71. The minimum Gasteiger partial charge on any atom is -0.469 e. The molecule has 6 heteroatoms. The molecule has 1 aromatic carbocycles. The largest absolute Gasteiger partial charge is 0.469 e. The molecular formula is C20H36N2O3S. The molecule has 0 aliphatic rings. The van der Waals surface area contributed by atoms with Gasteiger partial charge in [0.1, 0.15) is 0 Å². The lowest BCUT2D eigenvalue weighted by molar-refractivity contribution is -0.140. The molecule has 0 amide bonds. The first-order valence-corrected chi connectivity index (χ1v) is 11.3. The topological polar surface area (TPSA) is 64.3 Å². The Kier molecular flexibility index (Phi) is 9.96. The number of fused-ring (bicyclic) bond motifs is 1. The Morgan fingerprint density at radius 1 is 1.27 bits per heavy atom. The van der Waals surface area contributed by atoms with Gasteiger partial charge in [0.25, 0.3) is 0 Å². The molecule has 2 aromatic rings. The summed E-state index contributed by atoms with van der Waals surface area (Å²) in [5.41, 5.74) is 3.17. The number of benzene rings is 1. The van der Waals surface area contributed by atoms with Gasteiger partial charge in [-0.2, -0.15) is 0 Å². The summed E-state index contributed by atoms with van der Waals surface area (Å²) in [5.74, 6) is -0.180. The zero-order valence-electron chi connectivity index (χ0n) is 17.8. The molecular weight excluding hydrogens is 348 g/mol. The van der Waals surface area contributed by atoms with Crippen LogP contribution < -0.4 is 0 Å². The fourth-order valence-electron chi connectivity index (χ4n) is 1.69. The lowest BCUT2D eigenvalue weighted by Crippen LogP contribution is -2.21. The number of hydrogen-bond donors (Lipinski definition) is 1. The molecule has 150 valence electrons. The zero-order chi connectivity index (χ0) is 20.5. The summed E-state index contributed by atoms with van der Waals surface area (Å²) >= 11 is 0. The molecule has 26 heavy (non-hydrogen) atoms. The number of ether oxygens (including phenoxy) is 1. The summed E-state index contributed by atoms with van der Waals surface area (Å²) in [5, 5.41) is 0. The summed E-state index contributed by atoms with van der Waals surface area (Å²) in [6, 6.07) is 6.06. The van der Waals surface area contributed by atoms with Crippen molar-refractivity contribution in [1.29, 1.82) is 0 Å². The van der Waals surface area contributed by atoms with Gasteiger partial charge in [0.05, 0.1) is 24.5 Å². The maximum atomic E-state index is 11.0. The first kappa shape index (κ1) is 24.5. The van der Waals surface area contributed by atoms with Crippen LogP contribution >= 0.6 is 10.3 Å². The SMILES string of the molecule is CC.CC(C)(C)S(C)(C)O.COC(=O)CCc1ccc2c(c1)ncn2C. The van der Waals surface area contributed by atoms with E-state index in [1.165, 1.54) is 7.11 Å². The molecule has 1 N–H and O–H groups in total. The highest BCUT2D eigenvalue weighted by Crippen LogP contribution is 2.48. The molecule has 1 heterocycles. The molecule has 0 radical (unpaired) electrons. The van der Waals surface area contributed by atoms with E-state index in [1.807, 2.05) is 56.2 Å². The molecule has 0 saturated carbocycles. The molecule has 0 fully saturated rings. The van der Waals surface area contributed by atoms with E-state index in [9.17, 15) is 9.35 Å². The molecule has 0 aliphatic heterocycles. The summed E-state index contributed by atoms with van der Waals surface area (Å²) in [4.78, 5) is 15.3. The Labute approximate surface area is 160 Å². The van der Waals surface area contributed by atoms with Crippen molar-refractivity contribution >= 4 is 27.3 Å². The number of methoxy groups -OCH3 is 1. The van der Waals surface area contributed by atoms with Gasteiger partial charge in [-0.05, 0) is 36.6 Å². The second-order valence-corrected chi connectivity index (χ2v) is 10.9. The number of carbonyl (C=O) groups excluding carboxylic acids is 1. The van der Waals surface area contributed by atoms with E-state index in [1.54, 1.807) is 6.33 Å². The highest BCUT2D eigenvalue weighted by atomic mass is 32.3. The van der Waals surface area contributed by atoms with Crippen LogP contribution in [0.4, 0.5) is 0 Å². The number of esters is 1. The predicted octanol–water partition coefficient (Wildman–Crippen LogP) is 5.03. The third kappa shape index (κ3) is 7.79. The first-order chi connectivity index (χ1) is 12.0. The van der Waals surface area contributed by atoms with Gasteiger partial charge < -0.3 is 13.9 Å². The quantitative estimate of drug-likeness (QED) is 0.754. The van der Waals surface area contributed by atoms with E-state index in [2.05, 4.69) is 30.5 Å². The van der Waals surface area contributed by atoms with Crippen molar-refractivity contribution in [3.05, 3.63) is 30.1 Å². The third-order valence-corrected chi connectivity index (χ3v) is 7.13. The number of aryl methyl sites for hydroxylation is 2. The zero-order valence-corrected chi connectivity index (χ0v) is 18.6. The van der Waals surface area contributed by atoms with Crippen molar-refractivity contribution < 1.29 is 14.1 Å². The second-order valence-electron chi connectivity index (χ2n) is 7.14. The van der Waals surface area contributed by atoms with Gasteiger partial charge in [0.15, 0.2) is 0 Å². The molecule has 1 aromatic heterocycles. The molecule has 0 bridgehead atoms. The van der Waals surface area contributed by atoms with E-state index in [-0.39, 0.29) is 10.7 Å². The minimum atomic E-state index is -1.34. The Morgan fingerprint density at radius 2 is 1.81 bits per heavy atom. The molecule has 0 aliphatic carbocycles. The summed E-state index contributed by atoms with van der Waals surface area (Å²) in [6.45, 7) is 10.2. The van der Waals surface area contributed by atoms with Crippen LogP contribution in [0.25, 0.3) is 11.0 Å². The fourth-order valence-corrected chi connectivity index (χ4v) is 1.69. The Morgan fingerprint density at radius 3 is 2.27 bits per heavy atom. The number of aromatic nitrogens is 2. The van der Waals surface area contributed by atoms with Crippen LogP contribution in [-0.4, -0.2) is 44.4 Å². The van der Waals surface area contributed by atoms with Gasteiger partial charge >= 0.3 is 5.97 Å². The maximum absolute atomic E-state index is 11.0. The highest BCUT2D eigenvalue weighted by molar-refractivity contribution is 8.29. The number of nitrogens with zero attached hydrogens (tertiary/aromatic N) is 2. The average molecular weight is 385 g/mol. The smallest absolute Gasteiger partial charge is 0.305 e. The lowest BCUT2D eigenvalue weighted by atomic mass is 10.1. The van der Waals surface area contributed by atoms with Crippen LogP contribution in [0.3, 0.4) is 0 Å². The molecule has 5 nitrogen and oxygen atoms in total. The lowest BCUT2D eigenvalue weighted by Gasteiger charge is -2.38. The van der Waals surface area contributed by atoms with Crippen molar-refractivity contribution in [2.24, 2.45) is 7.05 Å². The normalized spacial score (nSPS) is 11.8. The Balaban J connectivity index is 0.000000533.